The van der Waals surface area contributed by atoms with Gasteiger partial charge >= 0.3 is 0 Å². The van der Waals surface area contributed by atoms with Crippen molar-refractivity contribution in [3.8, 4) is 0 Å². The summed E-state index contributed by atoms with van der Waals surface area (Å²) in [5.74, 6) is 0. The van der Waals surface area contributed by atoms with Gasteiger partial charge in [0.2, 0.25) is 0 Å². The number of hydrogen-bond donors (Lipinski definition) is 2. The van der Waals surface area contributed by atoms with Gasteiger partial charge < -0.3 is 10.6 Å². The van der Waals surface area contributed by atoms with Gasteiger partial charge in [-0.2, -0.15) is 0 Å². The Morgan fingerprint density at radius 3 is 2.44 bits per heavy atom. The Hall–Kier alpha value is -2.62. The minimum Gasteiger partial charge on any atom is -0.383 e. The van der Waals surface area contributed by atoms with E-state index < -0.39 is 0 Å². The van der Waals surface area contributed by atoms with Crippen molar-refractivity contribution in [2.45, 2.75) is 44.2 Å². The van der Waals surface area contributed by atoms with Gasteiger partial charge in [0.25, 0.3) is 0 Å². The number of nitrogens with zero attached hydrogens (tertiary/aromatic N) is 2. The summed E-state index contributed by atoms with van der Waals surface area (Å²) in [5.41, 5.74) is 4.35. The first-order chi connectivity index (χ1) is 13.4. The molecule has 2 N–H and O–H groups in total. The SMILES string of the molecule is C1=CC=C2NCCCN=C3C=CC=CC=C3N[C@H]3CCCC[C@@H]3N=C2C=C1. The lowest BCUT2D eigenvalue weighted by Gasteiger charge is -2.32. The highest BCUT2D eigenvalue weighted by atomic mass is 15.0. The van der Waals surface area contributed by atoms with Crippen LogP contribution in [0.25, 0.3) is 0 Å². The van der Waals surface area contributed by atoms with Crippen molar-refractivity contribution in [1.82, 2.24) is 10.6 Å². The third-order valence-electron chi connectivity index (χ3n) is 5.34. The molecule has 0 unspecified atom stereocenters. The van der Waals surface area contributed by atoms with E-state index in [2.05, 4.69) is 71.4 Å². The van der Waals surface area contributed by atoms with Gasteiger partial charge in [-0.3, -0.25) is 9.98 Å². The second kappa shape index (κ2) is 8.85. The van der Waals surface area contributed by atoms with Gasteiger partial charge in [-0.1, -0.05) is 49.3 Å². The lowest BCUT2D eigenvalue weighted by atomic mass is 9.90. The average molecular weight is 361 g/mol. The molecule has 0 aromatic heterocycles. The van der Waals surface area contributed by atoms with Crippen LogP contribution >= 0.6 is 0 Å². The first kappa shape index (κ1) is 17.8. The summed E-state index contributed by atoms with van der Waals surface area (Å²) in [6.07, 6.45) is 26.7. The van der Waals surface area contributed by atoms with Crippen molar-refractivity contribution >= 4 is 11.4 Å². The van der Waals surface area contributed by atoms with Crippen LogP contribution in [-0.2, 0) is 0 Å². The molecule has 2 atom stereocenters. The fourth-order valence-corrected chi connectivity index (χ4v) is 3.91. The topological polar surface area (TPSA) is 48.8 Å². The van der Waals surface area contributed by atoms with Crippen molar-refractivity contribution in [3.63, 3.8) is 0 Å². The molecule has 1 fully saturated rings. The molecular formula is C23H28N4. The Morgan fingerprint density at radius 2 is 1.56 bits per heavy atom. The third kappa shape index (κ3) is 4.57. The zero-order chi connectivity index (χ0) is 18.3. The van der Waals surface area contributed by atoms with Gasteiger partial charge in [0.1, 0.15) is 0 Å². The summed E-state index contributed by atoms with van der Waals surface area (Å²) < 4.78 is 0. The number of nitrogens with one attached hydrogen (secondary N) is 2. The third-order valence-corrected chi connectivity index (χ3v) is 5.34. The molecule has 0 amide bonds. The molecule has 4 heteroatoms. The standard InChI is InChI=1S/C23H28N4/c1-3-10-18-20(12-5-1)26-22-14-7-8-15-23(22)27-21-13-6-2-4-11-19(21)25-17-9-16-24-18/h1-6,10-13,22-24,27H,7-9,14-17H2/t22-,23-/m0/s1. The fourth-order valence-electron chi connectivity index (χ4n) is 3.91. The summed E-state index contributed by atoms with van der Waals surface area (Å²) in [4.78, 5) is 10.1. The van der Waals surface area contributed by atoms with Crippen LogP contribution in [0.5, 0.6) is 0 Å². The largest absolute Gasteiger partial charge is 0.383 e. The van der Waals surface area contributed by atoms with Gasteiger partial charge in [-0.05, 0) is 43.6 Å². The Labute approximate surface area is 161 Å². The van der Waals surface area contributed by atoms with E-state index in [1.54, 1.807) is 0 Å². The van der Waals surface area contributed by atoms with Gasteiger partial charge in [-0.25, -0.2) is 0 Å². The summed E-state index contributed by atoms with van der Waals surface area (Å²) in [7, 11) is 0. The van der Waals surface area contributed by atoms with Crippen molar-refractivity contribution in [2.75, 3.05) is 13.1 Å². The van der Waals surface area contributed by atoms with Crippen LogP contribution in [0.4, 0.5) is 0 Å². The van der Waals surface area contributed by atoms with Crippen LogP contribution < -0.4 is 10.6 Å². The van der Waals surface area contributed by atoms with Gasteiger partial charge in [0.15, 0.2) is 0 Å². The summed E-state index contributed by atoms with van der Waals surface area (Å²) in [5, 5.41) is 7.36. The smallest absolute Gasteiger partial charge is 0.0810 e. The van der Waals surface area contributed by atoms with Gasteiger partial charge in [0, 0.05) is 19.1 Å². The first-order valence-electron chi connectivity index (χ1n) is 10.1. The highest BCUT2D eigenvalue weighted by molar-refractivity contribution is 6.09. The molecule has 4 aliphatic rings. The Bertz CT molecular complexity index is 789. The molecule has 4 rings (SSSR count). The van der Waals surface area contributed by atoms with Crippen LogP contribution in [0, 0.1) is 0 Å². The molecule has 0 bridgehead atoms. The molecule has 0 radical (unpaired) electrons. The predicted octanol–water partition coefficient (Wildman–Crippen LogP) is 3.78. The van der Waals surface area contributed by atoms with Crippen molar-refractivity contribution in [1.29, 1.82) is 0 Å². The molecule has 0 spiro atoms. The molecule has 4 nitrogen and oxygen atoms in total. The van der Waals surface area contributed by atoms with E-state index in [0.717, 1.165) is 55.2 Å². The van der Waals surface area contributed by atoms with Crippen LogP contribution in [0.1, 0.15) is 32.1 Å². The van der Waals surface area contributed by atoms with Crippen molar-refractivity contribution in [3.05, 3.63) is 72.2 Å². The summed E-state index contributed by atoms with van der Waals surface area (Å²) in [6.45, 7) is 1.71. The second-order valence-electron chi connectivity index (χ2n) is 7.31. The van der Waals surface area contributed by atoms with E-state index in [0.29, 0.717) is 6.04 Å². The number of aliphatic imine (C=N–C) groups is 2. The zero-order valence-corrected chi connectivity index (χ0v) is 15.8. The van der Waals surface area contributed by atoms with Crippen LogP contribution in [0.3, 0.4) is 0 Å². The average Bonchev–Trinajstić information content (AvgIpc) is 3.03. The molecule has 0 aromatic carbocycles. The minimum absolute atomic E-state index is 0.279. The van der Waals surface area contributed by atoms with E-state index in [1.807, 2.05) is 0 Å². The van der Waals surface area contributed by atoms with Crippen LogP contribution in [-0.4, -0.2) is 36.6 Å². The van der Waals surface area contributed by atoms with Gasteiger partial charge in [-0.15, -0.1) is 0 Å². The van der Waals surface area contributed by atoms with E-state index in [9.17, 15) is 0 Å². The Balaban J connectivity index is 1.69. The zero-order valence-electron chi connectivity index (χ0n) is 15.8. The quantitative estimate of drug-likeness (QED) is 0.691. The minimum atomic E-state index is 0.279. The maximum Gasteiger partial charge on any atom is 0.0810 e. The number of rotatable bonds is 0. The van der Waals surface area contributed by atoms with Crippen LogP contribution in [0.2, 0.25) is 0 Å². The lowest BCUT2D eigenvalue weighted by molar-refractivity contribution is 0.351. The maximum atomic E-state index is 5.20. The van der Waals surface area contributed by atoms with E-state index in [-0.39, 0.29) is 6.04 Å². The van der Waals surface area contributed by atoms with Gasteiger partial charge in [0.05, 0.1) is 28.9 Å². The molecule has 3 aliphatic carbocycles. The molecule has 1 heterocycles. The molecule has 0 saturated heterocycles. The molecule has 1 saturated carbocycles. The lowest BCUT2D eigenvalue weighted by Crippen LogP contribution is -2.42. The molecule has 0 aromatic rings. The van der Waals surface area contributed by atoms with Crippen molar-refractivity contribution < 1.29 is 0 Å². The monoisotopic (exact) mass is 360 g/mol. The highest BCUT2D eigenvalue weighted by Gasteiger charge is 2.26. The number of hydrogen-bond acceptors (Lipinski definition) is 4. The molecule has 27 heavy (non-hydrogen) atoms. The normalized spacial score (nSPS) is 27.9. The Morgan fingerprint density at radius 1 is 0.778 bits per heavy atom. The molecular weight excluding hydrogens is 332 g/mol. The fraction of sp³-hybridized carbons (Fsp3) is 0.391. The van der Waals surface area contributed by atoms with Crippen LogP contribution in [0.15, 0.2) is 82.1 Å². The Kier molecular flexibility index (Phi) is 5.83. The molecule has 1 aliphatic heterocycles. The predicted molar refractivity (Wildman–Crippen MR) is 114 cm³/mol. The van der Waals surface area contributed by atoms with E-state index in [4.69, 9.17) is 9.98 Å². The maximum absolute atomic E-state index is 5.20. The summed E-state index contributed by atoms with van der Waals surface area (Å²) in [6, 6.07) is 0.620. The summed E-state index contributed by atoms with van der Waals surface area (Å²) >= 11 is 0. The van der Waals surface area contributed by atoms with E-state index in [1.165, 1.54) is 12.8 Å². The second-order valence-corrected chi connectivity index (χ2v) is 7.31. The molecule has 140 valence electrons. The number of allylic oxidation sites excluding steroid dienone is 10. The first-order valence-corrected chi connectivity index (χ1v) is 10.1. The van der Waals surface area contributed by atoms with Crippen molar-refractivity contribution in [2.24, 2.45) is 9.98 Å². The van der Waals surface area contributed by atoms with E-state index >= 15 is 0 Å². The highest BCUT2D eigenvalue weighted by Crippen LogP contribution is 2.24. The number of fused-ring (bicyclic) bond motifs is 3.